The van der Waals surface area contributed by atoms with Crippen molar-refractivity contribution in [2.24, 2.45) is 7.05 Å². The first kappa shape index (κ1) is 18.3. The zero-order valence-electron chi connectivity index (χ0n) is 14.4. The lowest BCUT2D eigenvalue weighted by atomic mass is 10.2. The number of nitrogens with one attached hydrogen (secondary N) is 1. The van der Waals surface area contributed by atoms with Crippen LogP contribution >= 0.6 is 34.5 Å². The maximum absolute atomic E-state index is 12.9. The predicted octanol–water partition coefficient (Wildman–Crippen LogP) is 4.18. The van der Waals surface area contributed by atoms with E-state index in [2.05, 4.69) is 10.3 Å². The predicted molar refractivity (Wildman–Crippen MR) is 108 cm³/mol. The summed E-state index contributed by atoms with van der Waals surface area (Å²) in [6.07, 6.45) is 1.36. The number of anilines is 1. The molecule has 1 aliphatic rings. The maximum atomic E-state index is 12.9. The molecule has 2 amide bonds. The number of thiazole rings is 1. The highest BCUT2D eigenvalue weighted by atomic mass is 35.5. The molecule has 6 nitrogen and oxygen atoms in total. The summed E-state index contributed by atoms with van der Waals surface area (Å²) in [5.41, 5.74) is 1.20. The number of amides is 2. The van der Waals surface area contributed by atoms with Crippen LogP contribution in [0.5, 0.6) is 0 Å². The molecule has 27 heavy (non-hydrogen) atoms. The van der Waals surface area contributed by atoms with Crippen molar-refractivity contribution in [1.82, 2.24) is 14.5 Å². The van der Waals surface area contributed by atoms with Gasteiger partial charge in [0.2, 0.25) is 5.91 Å². The van der Waals surface area contributed by atoms with Crippen molar-refractivity contribution in [1.29, 1.82) is 0 Å². The molecule has 0 aliphatic carbocycles. The van der Waals surface area contributed by atoms with E-state index in [4.69, 9.17) is 23.2 Å². The number of hydrogen-bond acceptors (Lipinski definition) is 4. The second kappa shape index (κ2) is 7.14. The molecule has 1 aromatic carbocycles. The molecule has 0 spiro atoms. The van der Waals surface area contributed by atoms with Crippen LogP contribution in [-0.4, -0.2) is 38.9 Å². The fraction of sp³-hybridized carbons (Fsp3) is 0.278. The molecule has 1 fully saturated rings. The minimum absolute atomic E-state index is 0.230. The Bertz CT molecular complexity index is 1010. The van der Waals surface area contributed by atoms with Crippen LogP contribution in [0.3, 0.4) is 0 Å². The number of para-hydroxylation sites is 1. The van der Waals surface area contributed by atoms with Crippen LogP contribution in [0.4, 0.5) is 5.13 Å². The highest BCUT2D eigenvalue weighted by Gasteiger charge is 2.36. The largest absolute Gasteiger partial charge is 0.329 e. The van der Waals surface area contributed by atoms with Gasteiger partial charge in [0, 0.05) is 13.6 Å². The number of likely N-dealkylation sites (tertiary alicyclic amines) is 1. The van der Waals surface area contributed by atoms with Crippen molar-refractivity contribution in [2.45, 2.75) is 18.9 Å². The molecule has 1 aliphatic heterocycles. The number of halogens is 2. The Kier molecular flexibility index (Phi) is 4.84. The van der Waals surface area contributed by atoms with E-state index in [1.165, 1.54) is 22.0 Å². The first-order valence-electron chi connectivity index (χ1n) is 8.44. The van der Waals surface area contributed by atoms with Crippen molar-refractivity contribution in [3.05, 3.63) is 46.2 Å². The van der Waals surface area contributed by atoms with E-state index in [9.17, 15) is 9.59 Å². The Labute approximate surface area is 169 Å². The molecule has 1 unspecified atom stereocenters. The zero-order valence-corrected chi connectivity index (χ0v) is 16.7. The third kappa shape index (κ3) is 3.31. The number of rotatable bonds is 3. The monoisotopic (exact) mass is 422 g/mol. The number of nitrogens with zero attached hydrogens (tertiary/aromatic N) is 3. The van der Waals surface area contributed by atoms with Gasteiger partial charge in [-0.15, -0.1) is 0 Å². The molecule has 1 N–H and O–H groups in total. The van der Waals surface area contributed by atoms with Crippen LogP contribution in [0.15, 0.2) is 30.3 Å². The standard InChI is InChI=1S/C18H16Cl2N4O2S/c1-23-13(9-10(19)15(23)20)17(26)24-8-4-6-12(24)16(25)22-18-21-11-5-2-3-7-14(11)27-18/h2-3,5,7,9,12H,4,6,8H2,1H3,(H,21,22,25). The lowest BCUT2D eigenvalue weighted by Crippen LogP contribution is -2.43. The van der Waals surface area contributed by atoms with Crippen LogP contribution < -0.4 is 5.32 Å². The maximum Gasteiger partial charge on any atom is 0.271 e. The Morgan fingerprint density at radius 3 is 2.78 bits per heavy atom. The summed E-state index contributed by atoms with van der Waals surface area (Å²) < 4.78 is 2.54. The third-order valence-corrected chi connectivity index (χ3v) is 6.47. The lowest BCUT2D eigenvalue weighted by Gasteiger charge is -2.23. The van der Waals surface area contributed by atoms with Gasteiger partial charge in [-0.1, -0.05) is 46.7 Å². The molecule has 1 atom stereocenters. The van der Waals surface area contributed by atoms with E-state index in [0.717, 1.165) is 16.6 Å². The molecule has 9 heteroatoms. The summed E-state index contributed by atoms with van der Waals surface area (Å²) in [6.45, 7) is 0.511. The summed E-state index contributed by atoms with van der Waals surface area (Å²) >= 11 is 13.5. The van der Waals surface area contributed by atoms with Gasteiger partial charge < -0.3 is 14.8 Å². The van der Waals surface area contributed by atoms with Gasteiger partial charge in [-0.3, -0.25) is 9.59 Å². The second-order valence-corrected chi connectivity index (χ2v) is 8.16. The number of carbonyl (C=O) groups is 2. The highest BCUT2D eigenvalue weighted by molar-refractivity contribution is 7.22. The summed E-state index contributed by atoms with van der Waals surface area (Å²) in [4.78, 5) is 31.7. The normalized spacial score (nSPS) is 16.9. The molecule has 3 aromatic rings. The van der Waals surface area contributed by atoms with E-state index in [1.807, 2.05) is 24.3 Å². The first-order chi connectivity index (χ1) is 13.0. The van der Waals surface area contributed by atoms with Crippen molar-refractivity contribution in [3.8, 4) is 0 Å². The fourth-order valence-electron chi connectivity index (χ4n) is 3.29. The first-order valence-corrected chi connectivity index (χ1v) is 10.0. The summed E-state index contributed by atoms with van der Waals surface area (Å²) in [6, 6.07) is 8.68. The average molecular weight is 423 g/mol. The van der Waals surface area contributed by atoms with Crippen molar-refractivity contribution in [3.63, 3.8) is 0 Å². The average Bonchev–Trinajstić information content (AvgIpc) is 3.35. The molecule has 3 heterocycles. The number of carbonyl (C=O) groups excluding carboxylic acids is 2. The van der Waals surface area contributed by atoms with Gasteiger partial charge in [0.25, 0.3) is 5.91 Å². The number of benzene rings is 1. The summed E-state index contributed by atoms with van der Waals surface area (Å²) in [5, 5.41) is 4.01. The quantitative estimate of drug-likeness (QED) is 0.687. The van der Waals surface area contributed by atoms with Gasteiger partial charge in [0.05, 0.1) is 15.2 Å². The van der Waals surface area contributed by atoms with Crippen molar-refractivity contribution >= 4 is 61.7 Å². The van der Waals surface area contributed by atoms with Crippen LogP contribution in [-0.2, 0) is 11.8 Å². The minimum atomic E-state index is -0.544. The molecule has 1 saturated heterocycles. The number of hydrogen-bond donors (Lipinski definition) is 1. The Morgan fingerprint density at radius 1 is 1.30 bits per heavy atom. The minimum Gasteiger partial charge on any atom is -0.329 e. The van der Waals surface area contributed by atoms with Gasteiger partial charge in [0.1, 0.15) is 16.9 Å². The Morgan fingerprint density at radius 2 is 2.07 bits per heavy atom. The molecule has 0 radical (unpaired) electrons. The smallest absolute Gasteiger partial charge is 0.271 e. The molecule has 0 saturated carbocycles. The highest BCUT2D eigenvalue weighted by Crippen LogP contribution is 2.29. The Balaban J connectivity index is 1.54. The van der Waals surface area contributed by atoms with Crippen LogP contribution in [0.2, 0.25) is 10.2 Å². The molecule has 4 rings (SSSR count). The zero-order chi connectivity index (χ0) is 19.1. The lowest BCUT2D eigenvalue weighted by molar-refractivity contribution is -0.119. The third-order valence-electron chi connectivity index (χ3n) is 4.68. The van der Waals surface area contributed by atoms with Gasteiger partial charge in [-0.25, -0.2) is 4.98 Å². The van der Waals surface area contributed by atoms with E-state index in [1.54, 1.807) is 11.9 Å². The van der Waals surface area contributed by atoms with Crippen molar-refractivity contribution < 1.29 is 9.59 Å². The van der Waals surface area contributed by atoms with Gasteiger partial charge in [-0.05, 0) is 31.0 Å². The Hall–Kier alpha value is -2.09. The number of fused-ring (bicyclic) bond motifs is 1. The molecule has 140 valence electrons. The topological polar surface area (TPSA) is 67.2 Å². The van der Waals surface area contributed by atoms with Crippen LogP contribution in [0.25, 0.3) is 10.2 Å². The molecule has 2 aromatic heterocycles. The van der Waals surface area contributed by atoms with Gasteiger partial charge in [-0.2, -0.15) is 0 Å². The van der Waals surface area contributed by atoms with Crippen LogP contribution in [0, 0.1) is 0 Å². The van der Waals surface area contributed by atoms with Gasteiger partial charge in [0.15, 0.2) is 5.13 Å². The SMILES string of the molecule is Cn1c(C(=O)N2CCCC2C(=O)Nc2nc3ccccc3s2)cc(Cl)c1Cl. The number of aromatic nitrogens is 2. The van der Waals surface area contributed by atoms with E-state index in [0.29, 0.717) is 34.0 Å². The van der Waals surface area contributed by atoms with Crippen LogP contribution in [0.1, 0.15) is 23.3 Å². The molecular formula is C18H16Cl2N4O2S. The second-order valence-electron chi connectivity index (χ2n) is 6.36. The van der Waals surface area contributed by atoms with E-state index < -0.39 is 6.04 Å². The summed E-state index contributed by atoms with van der Waals surface area (Å²) in [7, 11) is 1.67. The fourth-order valence-corrected chi connectivity index (χ4v) is 4.54. The van der Waals surface area contributed by atoms with E-state index in [-0.39, 0.29) is 11.8 Å². The molecular weight excluding hydrogens is 407 g/mol. The van der Waals surface area contributed by atoms with Gasteiger partial charge >= 0.3 is 0 Å². The molecule has 0 bridgehead atoms. The summed E-state index contributed by atoms with van der Waals surface area (Å²) in [5.74, 6) is -0.487. The van der Waals surface area contributed by atoms with Crippen molar-refractivity contribution in [2.75, 3.05) is 11.9 Å². The van der Waals surface area contributed by atoms with E-state index >= 15 is 0 Å².